The molecule has 1 aliphatic rings. The molecule has 0 aliphatic carbocycles. The molecule has 1 unspecified atom stereocenters. The fraction of sp³-hybridized carbons (Fsp3) is 0.429. The Labute approximate surface area is 111 Å². The molecule has 5 nitrogen and oxygen atoms in total. The Morgan fingerprint density at radius 1 is 1.26 bits per heavy atom. The van der Waals surface area contributed by atoms with Gasteiger partial charge >= 0.3 is 0 Å². The van der Waals surface area contributed by atoms with Gasteiger partial charge in [-0.25, -0.2) is 0 Å². The molecule has 1 atom stereocenters. The van der Waals surface area contributed by atoms with Gasteiger partial charge in [0.15, 0.2) is 5.82 Å². The SMILES string of the molecule is Nc1ccccc1CCc1nc(C2CCOC2)no1. The number of para-hydroxylation sites is 1. The summed E-state index contributed by atoms with van der Waals surface area (Å²) in [7, 11) is 0. The van der Waals surface area contributed by atoms with Crippen molar-refractivity contribution in [1.29, 1.82) is 0 Å². The fourth-order valence-corrected chi connectivity index (χ4v) is 2.28. The van der Waals surface area contributed by atoms with Crippen molar-refractivity contribution in [3.8, 4) is 0 Å². The largest absolute Gasteiger partial charge is 0.399 e. The molecule has 0 amide bonds. The van der Waals surface area contributed by atoms with E-state index in [-0.39, 0.29) is 0 Å². The monoisotopic (exact) mass is 259 g/mol. The number of rotatable bonds is 4. The van der Waals surface area contributed by atoms with Gasteiger partial charge in [-0.15, -0.1) is 0 Å². The minimum Gasteiger partial charge on any atom is -0.399 e. The molecular weight excluding hydrogens is 242 g/mol. The molecule has 1 fully saturated rings. The molecule has 1 aromatic carbocycles. The molecule has 1 aromatic heterocycles. The Balaban J connectivity index is 1.63. The molecule has 19 heavy (non-hydrogen) atoms. The van der Waals surface area contributed by atoms with Crippen molar-refractivity contribution in [3.05, 3.63) is 41.5 Å². The van der Waals surface area contributed by atoms with Crippen LogP contribution in [0.25, 0.3) is 0 Å². The van der Waals surface area contributed by atoms with Crippen LogP contribution in [0.15, 0.2) is 28.8 Å². The molecule has 2 heterocycles. The summed E-state index contributed by atoms with van der Waals surface area (Å²) in [5.74, 6) is 1.73. The Bertz CT molecular complexity index is 547. The van der Waals surface area contributed by atoms with Gasteiger partial charge in [0.25, 0.3) is 0 Å². The quantitative estimate of drug-likeness (QED) is 0.849. The number of hydrogen-bond donors (Lipinski definition) is 1. The summed E-state index contributed by atoms with van der Waals surface area (Å²) in [5, 5.41) is 4.04. The van der Waals surface area contributed by atoms with E-state index in [9.17, 15) is 0 Å². The highest BCUT2D eigenvalue weighted by Crippen LogP contribution is 2.22. The predicted molar refractivity (Wildman–Crippen MR) is 70.7 cm³/mol. The third-order valence-corrected chi connectivity index (χ3v) is 3.44. The van der Waals surface area contributed by atoms with Crippen LogP contribution in [0.1, 0.15) is 29.6 Å². The smallest absolute Gasteiger partial charge is 0.226 e. The summed E-state index contributed by atoms with van der Waals surface area (Å²) in [5.41, 5.74) is 7.83. The van der Waals surface area contributed by atoms with E-state index >= 15 is 0 Å². The van der Waals surface area contributed by atoms with Gasteiger partial charge in [0.2, 0.25) is 5.89 Å². The first kappa shape index (κ1) is 12.2. The van der Waals surface area contributed by atoms with Gasteiger partial charge < -0.3 is 15.0 Å². The standard InChI is InChI=1S/C14H17N3O2/c15-12-4-2-1-3-10(12)5-6-13-16-14(17-19-13)11-7-8-18-9-11/h1-4,11H,5-9,15H2. The van der Waals surface area contributed by atoms with Crippen molar-refractivity contribution in [2.24, 2.45) is 0 Å². The molecule has 1 aliphatic heterocycles. The van der Waals surface area contributed by atoms with Crippen LogP contribution in [0.2, 0.25) is 0 Å². The lowest BCUT2D eigenvalue weighted by atomic mass is 10.1. The maximum Gasteiger partial charge on any atom is 0.226 e. The van der Waals surface area contributed by atoms with Crippen LogP contribution in [0.4, 0.5) is 5.69 Å². The Morgan fingerprint density at radius 3 is 2.95 bits per heavy atom. The lowest BCUT2D eigenvalue weighted by Gasteiger charge is -2.02. The number of benzene rings is 1. The van der Waals surface area contributed by atoms with Gasteiger partial charge in [0, 0.05) is 24.6 Å². The molecule has 0 saturated carbocycles. The number of nitrogen functional groups attached to an aromatic ring is 1. The zero-order valence-electron chi connectivity index (χ0n) is 10.7. The Hall–Kier alpha value is -1.88. The highest BCUT2D eigenvalue weighted by atomic mass is 16.5. The minimum atomic E-state index is 0.291. The summed E-state index contributed by atoms with van der Waals surface area (Å²) in [6.45, 7) is 1.49. The molecular formula is C14H17N3O2. The van der Waals surface area contributed by atoms with Crippen molar-refractivity contribution in [2.45, 2.75) is 25.2 Å². The fourth-order valence-electron chi connectivity index (χ4n) is 2.28. The zero-order valence-corrected chi connectivity index (χ0v) is 10.7. The number of aromatic nitrogens is 2. The van der Waals surface area contributed by atoms with Gasteiger partial charge in [0.05, 0.1) is 6.61 Å². The van der Waals surface area contributed by atoms with E-state index in [1.807, 2.05) is 24.3 Å². The number of ether oxygens (including phenoxy) is 1. The second-order valence-electron chi connectivity index (χ2n) is 4.81. The molecule has 5 heteroatoms. The van der Waals surface area contributed by atoms with Crippen LogP contribution < -0.4 is 5.73 Å². The van der Waals surface area contributed by atoms with E-state index in [2.05, 4.69) is 10.1 Å². The van der Waals surface area contributed by atoms with Crippen molar-refractivity contribution in [2.75, 3.05) is 18.9 Å². The number of nitrogens with two attached hydrogens (primary N) is 1. The third kappa shape index (κ3) is 2.76. The lowest BCUT2D eigenvalue weighted by Crippen LogP contribution is -2.01. The average molecular weight is 259 g/mol. The topological polar surface area (TPSA) is 74.2 Å². The van der Waals surface area contributed by atoms with Crippen molar-refractivity contribution in [1.82, 2.24) is 10.1 Å². The van der Waals surface area contributed by atoms with Crippen LogP contribution in [0.5, 0.6) is 0 Å². The van der Waals surface area contributed by atoms with E-state index in [0.717, 1.165) is 42.9 Å². The van der Waals surface area contributed by atoms with E-state index < -0.39 is 0 Å². The maximum absolute atomic E-state index is 5.91. The summed E-state index contributed by atoms with van der Waals surface area (Å²) < 4.78 is 10.6. The second kappa shape index (κ2) is 5.40. The summed E-state index contributed by atoms with van der Waals surface area (Å²) in [6.07, 6.45) is 2.51. The Morgan fingerprint density at radius 2 is 2.16 bits per heavy atom. The van der Waals surface area contributed by atoms with Gasteiger partial charge in [-0.3, -0.25) is 0 Å². The average Bonchev–Trinajstić information content (AvgIpc) is 3.09. The summed E-state index contributed by atoms with van der Waals surface area (Å²) in [4.78, 5) is 4.44. The predicted octanol–water partition coefficient (Wildman–Crippen LogP) is 1.94. The van der Waals surface area contributed by atoms with E-state index in [1.165, 1.54) is 0 Å². The van der Waals surface area contributed by atoms with Crippen molar-refractivity contribution < 1.29 is 9.26 Å². The van der Waals surface area contributed by atoms with Crippen LogP contribution in [0, 0.1) is 0 Å². The van der Waals surface area contributed by atoms with Crippen molar-refractivity contribution >= 4 is 5.69 Å². The number of hydrogen-bond acceptors (Lipinski definition) is 5. The lowest BCUT2D eigenvalue weighted by molar-refractivity contribution is 0.192. The van der Waals surface area contributed by atoms with Gasteiger partial charge in [-0.1, -0.05) is 23.4 Å². The molecule has 3 rings (SSSR count). The highest BCUT2D eigenvalue weighted by Gasteiger charge is 2.22. The van der Waals surface area contributed by atoms with E-state index in [0.29, 0.717) is 18.4 Å². The zero-order chi connectivity index (χ0) is 13.1. The first-order valence-corrected chi connectivity index (χ1v) is 6.56. The number of nitrogens with zero attached hydrogens (tertiary/aromatic N) is 2. The summed E-state index contributed by atoms with van der Waals surface area (Å²) >= 11 is 0. The Kier molecular flexibility index (Phi) is 3.46. The van der Waals surface area contributed by atoms with Crippen LogP contribution in [-0.2, 0) is 17.6 Å². The van der Waals surface area contributed by atoms with Crippen LogP contribution >= 0.6 is 0 Å². The number of anilines is 1. The first-order chi connectivity index (χ1) is 9.33. The molecule has 0 spiro atoms. The first-order valence-electron chi connectivity index (χ1n) is 6.56. The summed E-state index contributed by atoms with van der Waals surface area (Å²) in [6, 6.07) is 7.85. The second-order valence-corrected chi connectivity index (χ2v) is 4.81. The molecule has 1 saturated heterocycles. The molecule has 2 aromatic rings. The van der Waals surface area contributed by atoms with Gasteiger partial charge in [-0.2, -0.15) is 4.98 Å². The van der Waals surface area contributed by atoms with Crippen LogP contribution in [-0.4, -0.2) is 23.4 Å². The van der Waals surface area contributed by atoms with Crippen molar-refractivity contribution in [3.63, 3.8) is 0 Å². The molecule has 0 bridgehead atoms. The van der Waals surface area contributed by atoms with Gasteiger partial charge in [-0.05, 0) is 24.5 Å². The normalized spacial score (nSPS) is 18.8. The van der Waals surface area contributed by atoms with Crippen LogP contribution in [0.3, 0.4) is 0 Å². The molecule has 2 N–H and O–H groups in total. The van der Waals surface area contributed by atoms with E-state index in [4.69, 9.17) is 15.0 Å². The van der Waals surface area contributed by atoms with Gasteiger partial charge in [0.1, 0.15) is 0 Å². The third-order valence-electron chi connectivity index (χ3n) is 3.44. The minimum absolute atomic E-state index is 0.291. The number of aryl methyl sites for hydroxylation is 2. The highest BCUT2D eigenvalue weighted by molar-refractivity contribution is 5.46. The molecule has 100 valence electrons. The molecule has 0 radical (unpaired) electrons. The van der Waals surface area contributed by atoms with E-state index in [1.54, 1.807) is 0 Å². The maximum atomic E-state index is 5.91.